The van der Waals surface area contributed by atoms with E-state index in [0.717, 1.165) is 57.0 Å². The van der Waals surface area contributed by atoms with Crippen LogP contribution in [0.1, 0.15) is 12.0 Å². The second-order valence-electron chi connectivity index (χ2n) is 6.93. The highest BCUT2D eigenvalue weighted by atomic mass is 32.2. The van der Waals surface area contributed by atoms with Crippen molar-refractivity contribution < 1.29 is 17.9 Å². The van der Waals surface area contributed by atoms with Crippen LogP contribution in [0.2, 0.25) is 0 Å². The fourth-order valence-corrected chi connectivity index (χ4v) is 4.57. The van der Waals surface area contributed by atoms with E-state index in [1.54, 1.807) is 42.5 Å². The molecule has 6 nitrogen and oxygen atoms in total. The van der Waals surface area contributed by atoms with E-state index >= 15 is 0 Å². The third-order valence-corrected chi connectivity index (χ3v) is 6.36. The largest absolute Gasteiger partial charge is 0.489 e. The van der Waals surface area contributed by atoms with Crippen LogP contribution in [0.25, 0.3) is 0 Å². The molecule has 0 aromatic heterocycles. The number of anilines is 1. The van der Waals surface area contributed by atoms with Gasteiger partial charge in [-0.1, -0.05) is 24.3 Å². The predicted molar refractivity (Wildman–Crippen MR) is 104 cm³/mol. The first-order valence-electron chi connectivity index (χ1n) is 9.28. The molecule has 2 aliphatic rings. The molecule has 7 heteroatoms. The molecule has 0 saturated carbocycles. The molecule has 2 heterocycles. The van der Waals surface area contributed by atoms with E-state index in [-0.39, 0.29) is 11.0 Å². The molecule has 0 amide bonds. The second kappa shape index (κ2) is 7.88. The SMILES string of the molecule is O=S(=O)(Nc1ccc2c(c1)OC(CN1CCOCC1)CC2)c1ccccc1. The van der Waals surface area contributed by atoms with Gasteiger partial charge in [-0.05, 0) is 36.6 Å². The van der Waals surface area contributed by atoms with Gasteiger partial charge in [0.15, 0.2) is 0 Å². The number of hydrogen-bond donors (Lipinski definition) is 1. The van der Waals surface area contributed by atoms with E-state index in [1.165, 1.54) is 0 Å². The Morgan fingerprint density at radius 3 is 2.63 bits per heavy atom. The van der Waals surface area contributed by atoms with Gasteiger partial charge < -0.3 is 9.47 Å². The third-order valence-electron chi connectivity index (χ3n) is 4.97. The quantitative estimate of drug-likeness (QED) is 0.853. The summed E-state index contributed by atoms with van der Waals surface area (Å²) in [4.78, 5) is 2.61. The minimum Gasteiger partial charge on any atom is -0.489 e. The monoisotopic (exact) mass is 388 g/mol. The van der Waals surface area contributed by atoms with Crippen LogP contribution < -0.4 is 9.46 Å². The van der Waals surface area contributed by atoms with Crippen molar-refractivity contribution in [2.75, 3.05) is 37.6 Å². The maximum Gasteiger partial charge on any atom is 0.261 e. The summed E-state index contributed by atoms with van der Waals surface area (Å²) in [6, 6.07) is 13.9. The van der Waals surface area contributed by atoms with Crippen LogP contribution in [0.3, 0.4) is 0 Å². The zero-order valence-electron chi connectivity index (χ0n) is 15.1. The lowest BCUT2D eigenvalue weighted by molar-refractivity contribution is 0.0160. The highest BCUT2D eigenvalue weighted by Crippen LogP contribution is 2.31. The number of fused-ring (bicyclic) bond motifs is 1. The van der Waals surface area contributed by atoms with Gasteiger partial charge in [0.2, 0.25) is 0 Å². The summed E-state index contributed by atoms with van der Waals surface area (Å²) in [6.07, 6.45) is 2.03. The predicted octanol–water partition coefficient (Wildman–Crippen LogP) is 2.51. The van der Waals surface area contributed by atoms with Crippen molar-refractivity contribution in [2.24, 2.45) is 0 Å². The number of rotatable bonds is 5. The summed E-state index contributed by atoms with van der Waals surface area (Å²) < 4.78 is 39.3. The Labute approximate surface area is 160 Å². The molecule has 1 N–H and O–H groups in total. The van der Waals surface area contributed by atoms with Gasteiger partial charge in [0, 0.05) is 25.7 Å². The molecule has 1 fully saturated rings. The van der Waals surface area contributed by atoms with E-state index in [2.05, 4.69) is 9.62 Å². The minimum absolute atomic E-state index is 0.122. The zero-order valence-corrected chi connectivity index (χ0v) is 16.0. The normalized spacial score (nSPS) is 20.5. The van der Waals surface area contributed by atoms with Crippen LogP contribution >= 0.6 is 0 Å². The number of nitrogens with one attached hydrogen (secondary N) is 1. The molecule has 144 valence electrons. The van der Waals surface area contributed by atoms with Crippen LogP contribution in [0.4, 0.5) is 5.69 Å². The average molecular weight is 388 g/mol. The van der Waals surface area contributed by atoms with Gasteiger partial charge in [-0.2, -0.15) is 0 Å². The number of benzene rings is 2. The highest BCUT2D eigenvalue weighted by Gasteiger charge is 2.24. The summed E-state index contributed by atoms with van der Waals surface area (Å²) in [5.41, 5.74) is 1.64. The molecule has 0 radical (unpaired) electrons. The smallest absolute Gasteiger partial charge is 0.261 e. The van der Waals surface area contributed by atoms with Gasteiger partial charge in [-0.25, -0.2) is 8.42 Å². The zero-order chi connectivity index (χ0) is 18.7. The first-order chi connectivity index (χ1) is 13.1. The first-order valence-corrected chi connectivity index (χ1v) is 10.8. The lowest BCUT2D eigenvalue weighted by Crippen LogP contribution is -2.43. The molecule has 1 unspecified atom stereocenters. The molecule has 1 atom stereocenters. The average Bonchev–Trinajstić information content (AvgIpc) is 2.69. The first kappa shape index (κ1) is 18.3. The Hall–Kier alpha value is -2.09. The van der Waals surface area contributed by atoms with Crippen molar-refractivity contribution in [3.63, 3.8) is 0 Å². The van der Waals surface area contributed by atoms with Gasteiger partial charge in [-0.3, -0.25) is 9.62 Å². The van der Waals surface area contributed by atoms with Gasteiger partial charge >= 0.3 is 0 Å². The summed E-state index contributed by atoms with van der Waals surface area (Å²) in [7, 11) is -3.60. The number of morpholine rings is 1. The van der Waals surface area contributed by atoms with Gasteiger partial charge in [0.1, 0.15) is 11.9 Å². The Balaban J connectivity index is 1.46. The van der Waals surface area contributed by atoms with Gasteiger partial charge in [-0.15, -0.1) is 0 Å². The molecule has 27 heavy (non-hydrogen) atoms. The lowest BCUT2D eigenvalue weighted by Gasteiger charge is -2.33. The summed E-state index contributed by atoms with van der Waals surface area (Å²) in [5.74, 6) is 0.771. The molecule has 0 aliphatic carbocycles. The van der Waals surface area contributed by atoms with Crippen molar-refractivity contribution in [3.8, 4) is 5.75 Å². The van der Waals surface area contributed by atoms with Crippen molar-refractivity contribution >= 4 is 15.7 Å². The lowest BCUT2D eigenvalue weighted by atomic mass is 10.0. The topological polar surface area (TPSA) is 67.9 Å². The molecular formula is C20H24N2O4S. The van der Waals surface area contributed by atoms with E-state index in [4.69, 9.17) is 9.47 Å². The van der Waals surface area contributed by atoms with Crippen LogP contribution in [-0.4, -0.2) is 52.3 Å². The fourth-order valence-electron chi connectivity index (χ4n) is 3.50. The number of aryl methyl sites for hydroxylation is 1. The molecule has 1 saturated heterocycles. The van der Waals surface area contributed by atoms with Crippen molar-refractivity contribution in [2.45, 2.75) is 23.8 Å². The maximum atomic E-state index is 12.5. The second-order valence-corrected chi connectivity index (χ2v) is 8.61. The Kier molecular flexibility index (Phi) is 5.33. The molecule has 0 spiro atoms. The number of ether oxygens (including phenoxy) is 2. The van der Waals surface area contributed by atoms with Crippen LogP contribution in [0, 0.1) is 0 Å². The van der Waals surface area contributed by atoms with E-state index in [9.17, 15) is 8.42 Å². The fraction of sp³-hybridized carbons (Fsp3) is 0.400. The summed E-state index contributed by atoms with van der Waals surface area (Å²) in [5, 5.41) is 0. The highest BCUT2D eigenvalue weighted by molar-refractivity contribution is 7.92. The van der Waals surface area contributed by atoms with Crippen molar-refractivity contribution in [1.29, 1.82) is 0 Å². The van der Waals surface area contributed by atoms with E-state index in [0.29, 0.717) is 5.69 Å². The molecular weight excluding hydrogens is 364 g/mol. The van der Waals surface area contributed by atoms with E-state index in [1.807, 2.05) is 6.07 Å². The molecule has 4 rings (SSSR count). The van der Waals surface area contributed by atoms with Crippen LogP contribution in [0.5, 0.6) is 5.75 Å². The Morgan fingerprint density at radius 2 is 1.85 bits per heavy atom. The van der Waals surface area contributed by atoms with Crippen LogP contribution in [-0.2, 0) is 21.2 Å². The standard InChI is InChI=1S/C20H24N2O4S/c23-27(24,19-4-2-1-3-5-19)21-17-8-6-16-7-9-18(26-20(16)14-17)15-22-10-12-25-13-11-22/h1-6,8,14,18,21H,7,9-13,15H2. The molecule has 0 bridgehead atoms. The number of nitrogens with zero attached hydrogens (tertiary/aromatic N) is 1. The minimum atomic E-state index is -3.60. The van der Waals surface area contributed by atoms with Crippen molar-refractivity contribution in [1.82, 2.24) is 4.90 Å². The molecule has 2 aromatic carbocycles. The third kappa shape index (κ3) is 4.43. The van der Waals surface area contributed by atoms with Gasteiger partial charge in [0.05, 0.1) is 23.8 Å². The Bertz CT molecular complexity index is 880. The van der Waals surface area contributed by atoms with Crippen LogP contribution in [0.15, 0.2) is 53.4 Å². The number of sulfonamides is 1. The Morgan fingerprint density at radius 1 is 1.07 bits per heavy atom. The maximum absolute atomic E-state index is 12.5. The summed E-state index contributed by atoms with van der Waals surface area (Å²) >= 11 is 0. The molecule has 2 aliphatic heterocycles. The van der Waals surface area contributed by atoms with Gasteiger partial charge in [0.25, 0.3) is 10.0 Å². The molecule has 2 aromatic rings. The number of hydrogen-bond acceptors (Lipinski definition) is 5. The van der Waals surface area contributed by atoms with Crippen molar-refractivity contribution in [3.05, 3.63) is 54.1 Å². The summed E-state index contributed by atoms with van der Waals surface area (Å²) in [6.45, 7) is 4.29. The van der Waals surface area contributed by atoms with E-state index < -0.39 is 10.0 Å².